The number of halogens is 2. The molecule has 122 valence electrons. The van der Waals surface area contributed by atoms with Crippen molar-refractivity contribution in [1.82, 2.24) is 15.1 Å². The highest BCUT2D eigenvalue weighted by molar-refractivity contribution is 5.85. The van der Waals surface area contributed by atoms with Gasteiger partial charge in [-0.05, 0) is 31.3 Å². The smallest absolute Gasteiger partial charge is 0.134 e. The number of nitrogens with one attached hydrogen (secondary N) is 2. The standard InChI is InChI=1S/C17H18N4.2ClH/c1-18-13-15-12-17(19-14-8-4-2-5-9-14)21(20-15)16-10-6-3-7-11-16;;/h2-12,18-19H,13H2,1H3;2*1H. The molecule has 0 aliphatic heterocycles. The highest BCUT2D eigenvalue weighted by Gasteiger charge is 2.09. The summed E-state index contributed by atoms with van der Waals surface area (Å²) in [4.78, 5) is 0. The number of hydrogen-bond donors (Lipinski definition) is 2. The first-order valence-electron chi connectivity index (χ1n) is 6.98. The molecule has 3 aromatic rings. The van der Waals surface area contributed by atoms with Crippen LogP contribution in [0.25, 0.3) is 5.69 Å². The lowest BCUT2D eigenvalue weighted by molar-refractivity contribution is 0.758. The van der Waals surface area contributed by atoms with Gasteiger partial charge in [-0.1, -0.05) is 36.4 Å². The Balaban J connectivity index is 0.00000132. The van der Waals surface area contributed by atoms with Crippen LogP contribution in [-0.2, 0) is 6.54 Å². The van der Waals surface area contributed by atoms with E-state index in [2.05, 4.69) is 21.8 Å². The van der Waals surface area contributed by atoms with Crippen molar-refractivity contribution in [2.45, 2.75) is 6.54 Å². The van der Waals surface area contributed by atoms with E-state index in [4.69, 9.17) is 0 Å². The lowest BCUT2D eigenvalue weighted by Gasteiger charge is -2.09. The molecular weight excluding hydrogens is 331 g/mol. The normalized spacial score (nSPS) is 9.61. The molecule has 0 bridgehead atoms. The quantitative estimate of drug-likeness (QED) is 0.725. The van der Waals surface area contributed by atoms with Gasteiger partial charge < -0.3 is 10.6 Å². The number of rotatable bonds is 5. The number of para-hydroxylation sites is 2. The maximum Gasteiger partial charge on any atom is 0.134 e. The number of aromatic nitrogens is 2. The van der Waals surface area contributed by atoms with Gasteiger partial charge >= 0.3 is 0 Å². The van der Waals surface area contributed by atoms with E-state index in [0.717, 1.165) is 29.4 Å². The van der Waals surface area contributed by atoms with Crippen molar-refractivity contribution in [3.8, 4) is 5.69 Å². The Bertz CT molecular complexity index is 699. The van der Waals surface area contributed by atoms with Crippen LogP contribution >= 0.6 is 24.8 Å². The van der Waals surface area contributed by atoms with E-state index in [9.17, 15) is 0 Å². The first-order valence-corrected chi connectivity index (χ1v) is 6.98. The summed E-state index contributed by atoms with van der Waals surface area (Å²) in [6, 6.07) is 22.3. The molecule has 1 aromatic heterocycles. The summed E-state index contributed by atoms with van der Waals surface area (Å²) in [7, 11) is 1.92. The van der Waals surface area contributed by atoms with E-state index < -0.39 is 0 Å². The van der Waals surface area contributed by atoms with Gasteiger partial charge in [0.25, 0.3) is 0 Å². The minimum atomic E-state index is 0. The summed E-state index contributed by atoms with van der Waals surface area (Å²) in [6.07, 6.45) is 0. The molecular formula is C17H20Cl2N4. The SMILES string of the molecule is CNCc1cc(Nc2ccccc2)n(-c2ccccc2)n1.Cl.Cl. The van der Waals surface area contributed by atoms with Gasteiger partial charge in [-0.15, -0.1) is 24.8 Å². The summed E-state index contributed by atoms with van der Waals surface area (Å²) >= 11 is 0. The Labute approximate surface area is 148 Å². The van der Waals surface area contributed by atoms with Gasteiger partial charge in [-0.25, -0.2) is 4.68 Å². The van der Waals surface area contributed by atoms with E-state index in [1.807, 2.05) is 72.4 Å². The van der Waals surface area contributed by atoms with Crippen LogP contribution in [0.15, 0.2) is 66.7 Å². The van der Waals surface area contributed by atoms with E-state index in [1.165, 1.54) is 0 Å². The third kappa shape index (κ3) is 4.73. The lowest BCUT2D eigenvalue weighted by Crippen LogP contribution is -2.06. The van der Waals surface area contributed by atoms with Crippen LogP contribution in [-0.4, -0.2) is 16.8 Å². The van der Waals surface area contributed by atoms with Crippen LogP contribution < -0.4 is 10.6 Å². The molecule has 0 aliphatic carbocycles. The summed E-state index contributed by atoms with van der Waals surface area (Å²) in [5.41, 5.74) is 3.09. The molecule has 3 rings (SSSR count). The molecule has 0 unspecified atom stereocenters. The van der Waals surface area contributed by atoms with Crippen molar-refractivity contribution in [1.29, 1.82) is 0 Å². The third-order valence-electron chi connectivity index (χ3n) is 3.16. The molecule has 0 fully saturated rings. The average Bonchev–Trinajstić information content (AvgIpc) is 2.92. The fourth-order valence-corrected chi connectivity index (χ4v) is 2.22. The average molecular weight is 351 g/mol. The first-order chi connectivity index (χ1) is 10.4. The predicted octanol–water partition coefficient (Wildman–Crippen LogP) is 4.18. The van der Waals surface area contributed by atoms with Gasteiger partial charge in [0.2, 0.25) is 0 Å². The molecule has 0 saturated carbocycles. The maximum absolute atomic E-state index is 4.66. The van der Waals surface area contributed by atoms with Crippen LogP contribution in [0, 0.1) is 0 Å². The van der Waals surface area contributed by atoms with Gasteiger partial charge in [0.1, 0.15) is 5.82 Å². The molecule has 0 saturated heterocycles. The Morgan fingerprint density at radius 2 is 1.52 bits per heavy atom. The Hall–Kier alpha value is -2.01. The summed E-state index contributed by atoms with van der Waals surface area (Å²) in [5, 5.41) is 11.2. The molecule has 1 heterocycles. The van der Waals surface area contributed by atoms with Crippen molar-refractivity contribution in [2.24, 2.45) is 0 Å². The second-order valence-corrected chi connectivity index (χ2v) is 4.79. The van der Waals surface area contributed by atoms with Crippen molar-refractivity contribution >= 4 is 36.3 Å². The first kappa shape index (κ1) is 19.0. The summed E-state index contributed by atoms with van der Waals surface area (Å²) in [6.45, 7) is 0.739. The van der Waals surface area contributed by atoms with E-state index in [1.54, 1.807) is 0 Å². The van der Waals surface area contributed by atoms with Gasteiger partial charge in [-0.2, -0.15) is 5.10 Å². The lowest BCUT2D eigenvalue weighted by atomic mass is 10.3. The fraction of sp³-hybridized carbons (Fsp3) is 0.118. The van der Waals surface area contributed by atoms with Crippen LogP contribution in [0.1, 0.15) is 5.69 Å². The Kier molecular flexibility index (Phi) is 7.62. The number of nitrogens with zero attached hydrogens (tertiary/aromatic N) is 2. The number of hydrogen-bond acceptors (Lipinski definition) is 3. The highest BCUT2D eigenvalue weighted by Crippen LogP contribution is 2.21. The topological polar surface area (TPSA) is 41.9 Å². The van der Waals surface area contributed by atoms with Crippen molar-refractivity contribution in [3.05, 3.63) is 72.4 Å². The summed E-state index contributed by atoms with van der Waals surface area (Å²) < 4.78 is 1.93. The molecule has 0 amide bonds. The zero-order valence-corrected chi connectivity index (χ0v) is 14.4. The molecule has 4 nitrogen and oxygen atoms in total. The van der Waals surface area contributed by atoms with Gasteiger partial charge in [-0.3, -0.25) is 0 Å². The molecule has 2 N–H and O–H groups in total. The predicted molar refractivity (Wildman–Crippen MR) is 101 cm³/mol. The molecule has 2 aromatic carbocycles. The molecule has 23 heavy (non-hydrogen) atoms. The second-order valence-electron chi connectivity index (χ2n) is 4.79. The molecule has 0 aliphatic rings. The van der Waals surface area contributed by atoms with Crippen molar-refractivity contribution < 1.29 is 0 Å². The largest absolute Gasteiger partial charge is 0.340 e. The van der Waals surface area contributed by atoms with E-state index in [-0.39, 0.29) is 24.8 Å². The van der Waals surface area contributed by atoms with Crippen LogP contribution in [0.5, 0.6) is 0 Å². The molecule has 0 atom stereocenters. The zero-order chi connectivity index (χ0) is 14.5. The Morgan fingerprint density at radius 1 is 0.913 bits per heavy atom. The zero-order valence-electron chi connectivity index (χ0n) is 12.8. The van der Waals surface area contributed by atoms with Gasteiger partial charge in [0.05, 0.1) is 11.4 Å². The highest BCUT2D eigenvalue weighted by atomic mass is 35.5. The van der Waals surface area contributed by atoms with Crippen molar-refractivity contribution in [3.63, 3.8) is 0 Å². The minimum absolute atomic E-state index is 0. The molecule has 0 radical (unpaired) electrons. The fourth-order valence-electron chi connectivity index (χ4n) is 2.22. The van der Waals surface area contributed by atoms with E-state index in [0.29, 0.717) is 0 Å². The Morgan fingerprint density at radius 3 is 2.13 bits per heavy atom. The minimum Gasteiger partial charge on any atom is -0.340 e. The van der Waals surface area contributed by atoms with Crippen LogP contribution in [0.2, 0.25) is 0 Å². The van der Waals surface area contributed by atoms with Gasteiger partial charge in [0, 0.05) is 18.3 Å². The summed E-state index contributed by atoms with van der Waals surface area (Å²) in [5.74, 6) is 0.956. The molecule has 0 spiro atoms. The number of benzene rings is 2. The van der Waals surface area contributed by atoms with Crippen LogP contribution in [0.3, 0.4) is 0 Å². The second kappa shape index (κ2) is 9.20. The third-order valence-corrected chi connectivity index (χ3v) is 3.16. The van der Waals surface area contributed by atoms with Gasteiger partial charge in [0.15, 0.2) is 0 Å². The number of anilines is 2. The maximum atomic E-state index is 4.66. The monoisotopic (exact) mass is 350 g/mol. The van der Waals surface area contributed by atoms with E-state index >= 15 is 0 Å². The van der Waals surface area contributed by atoms with Crippen molar-refractivity contribution in [2.75, 3.05) is 12.4 Å². The molecule has 6 heteroatoms. The van der Waals surface area contributed by atoms with Crippen LogP contribution in [0.4, 0.5) is 11.5 Å².